The van der Waals surface area contributed by atoms with Crippen LogP contribution in [-0.4, -0.2) is 31.4 Å². The Kier molecular flexibility index (Phi) is 4.43. The lowest BCUT2D eigenvalue weighted by Gasteiger charge is -2.16. The molecule has 1 amide bonds. The molecule has 0 heterocycles. The number of halogens is 1. The van der Waals surface area contributed by atoms with Crippen LogP contribution in [0.2, 0.25) is 0 Å². The van der Waals surface area contributed by atoms with Crippen molar-refractivity contribution in [3.63, 3.8) is 0 Å². The quantitative estimate of drug-likeness (QED) is 0.842. The Morgan fingerprint density at radius 3 is 2.62 bits per heavy atom. The molecule has 0 aromatic heterocycles. The second kappa shape index (κ2) is 5.61. The molecule has 0 saturated carbocycles. The van der Waals surface area contributed by atoms with Crippen LogP contribution in [0.4, 0.5) is 4.39 Å². The van der Waals surface area contributed by atoms with Crippen LogP contribution in [0.15, 0.2) is 24.3 Å². The Bertz CT molecular complexity index is 366. The van der Waals surface area contributed by atoms with Crippen molar-refractivity contribution in [1.82, 2.24) is 10.2 Å². The van der Waals surface area contributed by atoms with Crippen LogP contribution >= 0.6 is 0 Å². The third-order valence-electron chi connectivity index (χ3n) is 2.43. The van der Waals surface area contributed by atoms with Gasteiger partial charge in [-0.2, -0.15) is 0 Å². The lowest BCUT2D eigenvalue weighted by atomic mass is 10.1. The number of hydrogen-bond donors (Lipinski definition) is 1. The van der Waals surface area contributed by atoms with Gasteiger partial charge >= 0.3 is 0 Å². The molecule has 1 atom stereocenters. The maximum atomic E-state index is 13.4. The van der Waals surface area contributed by atoms with Crippen LogP contribution < -0.4 is 5.32 Å². The van der Waals surface area contributed by atoms with Crippen LogP contribution in [0.3, 0.4) is 0 Å². The van der Waals surface area contributed by atoms with E-state index in [2.05, 4.69) is 5.32 Å². The van der Waals surface area contributed by atoms with Gasteiger partial charge in [0.05, 0.1) is 6.54 Å². The summed E-state index contributed by atoms with van der Waals surface area (Å²) in [6.07, 6.45) is 0. The average molecular weight is 224 g/mol. The molecule has 0 unspecified atom stereocenters. The van der Waals surface area contributed by atoms with Gasteiger partial charge in [-0.15, -0.1) is 0 Å². The normalized spacial score (nSPS) is 12.2. The van der Waals surface area contributed by atoms with Crippen molar-refractivity contribution in [1.29, 1.82) is 0 Å². The van der Waals surface area contributed by atoms with Crippen molar-refractivity contribution in [2.24, 2.45) is 0 Å². The highest BCUT2D eigenvalue weighted by molar-refractivity contribution is 5.77. The fraction of sp³-hybridized carbons (Fsp3) is 0.417. The minimum atomic E-state index is -0.250. The molecule has 3 nitrogen and oxygen atoms in total. The fourth-order valence-corrected chi connectivity index (χ4v) is 1.33. The zero-order chi connectivity index (χ0) is 12.1. The summed E-state index contributed by atoms with van der Waals surface area (Å²) in [7, 11) is 3.38. The smallest absolute Gasteiger partial charge is 0.236 e. The Morgan fingerprint density at radius 1 is 1.44 bits per heavy atom. The van der Waals surface area contributed by atoms with Crippen molar-refractivity contribution in [3.05, 3.63) is 35.6 Å². The topological polar surface area (TPSA) is 32.3 Å². The van der Waals surface area contributed by atoms with Crippen LogP contribution in [0.5, 0.6) is 0 Å². The molecule has 16 heavy (non-hydrogen) atoms. The highest BCUT2D eigenvalue weighted by Gasteiger charge is 2.11. The molecule has 4 heteroatoms. The van der Waals surface area contributed by atoms with Crippen molar-refractivity contribution >= 4 is 5.91 Å². The number of nitrogens with zero attached hydrogens (tertiary/aromatic N) is 1. The second-order valence-electron chi connectivity index (χ2n) is 3.91. The number of rotatable bonds is 4. The van der Waals surface area contributed by atoms with Gasteiger partial charge in [-0.05, 0) is 13.0 Å². The fourth-order valence-electron chi connectivity index (χ4n) is 1.33. The second-order valence-corrected chi connectivity index (χ2v) is 3.91. The van der Waals surface area contributed by atoms with Crippen molar-refractivity contribution in [2.45, 2.75) is 13.0 Å². The van der Waals surface area contributed by atoms with Crippen LogP contribution in [0.25, 0.3) is 0 Å². The van der Waals surface area contributed by atoms with E-state index in [1.807, 2.05) is 6.92 Å². The summed E-state index contributed by atoms with van der Waals surface area (Å²) in [6, 6.07) is 6.39. The molecule has 0 radical (unpaired) electrons. The third kappa shape index (κ3) is 3.31. The summed E-state index contributed by atoms with van der Waals surface area (Å²) >= 11 is 0. The zero-order valence-electron chi connectivity index (χ0n) is 9.83. The van der Waals surface area contributed by atoms with Gasteiger partial charge in [0.15, 0.2) is 0 Å². The molecule has 1 rings (SSSR count). The van der Waals surface area contributed by atoms with Crippen LogP contribution in [0.1, 0.15) is 18.5 Å². The van der Waals surface area contributed by atoms with Crippen LogP contribution in [-0.2, 0) is 4.79 Å². The third-order valence-corrected chi connectivity index (χ3v) is 2.43. The lowest BCUT2D eigenvalue weighted by molar-refractivity contribution is -0.127. The van der Waals surface area contributed by atoms with E-state index in [-0.39, 0.29) is 24.3 Å². The van der Waals surface area contributed by atoms with Gasteiger partial charge in [-0.1, -0.05) is 18.2 Å². The van der Waals surface area contributed by atoms with Gasteiger partial charge in [0.25, 0.3) is 0 Å². The van der Waals surface area contributed by atoms with Crippen molar-refractivity contribution in [3.8, 4) is 0 Å². The Morgan fingerprint density at radius 2 is 2.06 bits per heavy atom. The summed E-state index contributed by atoms with van der Waals surface area (Å²) in [6.45, 7) is 2.05. The van der Waals surface area contributed by atoms with E-state index < -0.39 is 0 Å². The van der Waals surface area contributed by atoms with E-state index in [1.54, 1.807) is 32.3 Å². The maximum absolute atomic E-state index is 13.4. The van der Waals surface area contributed by atoms with Crippen LogP contribution in [0, 0.1) is 5.82 Å². The van der Waals surface area contributed by atoms with E-state index in [0.29, 0.717) is 5.56 Å². The zero-order valence-corrected chi connectivity index (χ0v) is 9.83. The molecule has 0 fully saturated rings. The first-order valence-corrected chi connectivity index (χ1v) is 5.20. The molecule has 0 aliphatic carbocycles. The van der Waals surface area contributed by atoms with Gasteiger partial charge in [0, 0.05) is 25.7 Å². The first kappa shape index (κ1) is 12.6. The Labute approximate surface area is 95.3 Å². The standard InChI is InChI=1S/C12H17FN2O/c1-9(14-8-12(16)15(2)3)10-6-4-5-7-11(10)13/h4-7,9,14H,8H2,1-3H3/t9-/m1/s1. The largest absolute Gasteiger partial charge is 0.348 e. The first-order chi connectivity index (χ1) is 7.52. The summed E-state index contributed by atoms with van der Waals surface area (Å²) in [5, 5.41) is 2.99. The number of amides is 1. The van der Waals surface area contributed by atoms with E-state index in [9.17, 15) is 9.18 Å². The summed E-state index contributed by atoms with van der Waals surface area (Å²) in [5.41, 5.74) is 0.578. The van der Waals surface area contributed by atoms with Crippen molar-refractivity contribution in [2.75, 3.05) is 20.6 Å². The highest BCUT2D eigenvalue weighted by atomic mass is 19.1. The van der Waals surface area contributed by atoms with Gasteiger partial charge < -0.3 is 10.2 Å². The van der Waals surface area contributed by atoms with E-state index >= 15 is 0 Å². The molecule has 0 spiro atoms. The molecule has 88 valence electrons. The molecular formula is C12H17FN2O. The predicted molar refractivity (Wildman–Crippen MR) is 61.5 cm³/mol. The summed E-state index contributed by atoms with van der Waals surface area (Å²) < 4.78 is 13.4. The molecule has 0 bridgehead atoms. The highest BCUT2D eigenvalue weighted by Crippen LogP contribution is 2.15. The van der Waals surface area contributed by atoms with Gasteiger partial charge in [-0.3, -0.25) is 4.79 Å². The number of likely N-dealkylation sites (N-methyl/N-ethyl adjacent to an activating group) is 1. The van der Waals surface area contributed by atoms with Gasteiger partial charge in [-0.25, -0.2) is 4.39 Å². The minimum absolute atomic E-state index is 0.0248. The molecule has 0 aliphatic rings. The average Bonchev–Trinajstić information content (AvgIpc) is 2.25. The molecule has 0 saturated heterocycles. The molecule has 1 aromatic carbocycles. The van der Waals surface area contributed by atoms with Crippen molar-refractivity contribution < 1.29 is 9.18 Å². The van der Waals surface area contributed by atoms with Gasteiger partial charge in [0.1, 0.15) is 5.82 Å². The maximum Gasteiger partial charge on any atom is 0.236 e. The number of carbonyl (C=O) groups is 1. The number of hydrogen-bond acceptors (Lipinski definition) is 2. The van der Waals surface area contributed by atoms with E-state index in [1.165, 1.54) is 11.0 Å². The van der Waals surface area contributed by atoms with E-state index in [0.717, 1.165) is 0 Å². The number of nitrogens with one attached hydrogen (secondary N) is 1. The Balaban J connectivity index is 2.56. The molecule has 1 N–H and O–H groups in total. The number of benzene rings is 1. The molecule has 0 aliphatic heterocycles. The first-order valence-electron chi connectivity index (χ1n) is 5.20. The minimum Gasteiger partial charge on any atom is -0.348 e. The lowest BCUT2D eigenvalue weighted by Crippen LogP contribution is -2.34. The number of carbonyl (C=O) groups excluding carboxylic acids is 1. The SMILES string of the molecule is C[C@@H](NCC(=O)N(C)C)c1ccccc1F. The molecular weight excluding hydrogens is 207 g/mol. The Hall–Kier alpha value is -1.42. The predicted octanol–water partition coefficient (Wildman–Crippen LogP) is 1.56. The summed E-state index contributed by atoms with van der Waals surface area (Å²) in [5.74, 6) is -0.275. The molecule has 1 aromatic rings. The van der Waals surface area contributed by atoms with E-state index in [4.69, 9.17) is 0 Å². The summed E-state index contributed by atoms with van der Waals surface area (Å²) in [4.78, 5) is 12.8. The van der Waals surface area contributed by atoms with Gasteiger partial charge in [0.2, 0.25) is 5.91 Å². The monoisotopic (exact) mass is 224 g/mol.